The van der Waals surface area contributed by atoms with E-state index in [0.29, 0.717) is 18.8 Å². The maximum Gasteiger partial charge on any atom is 0.333 e. The van der Waals surface area contributed by atoms with Gasteiger partial charge in [0, 0.05) is 17.8 Å². The third-order valence-corrected chi connectivity index (χ3v) is 5.31. The number of nitrogens with zero attached hydrogens (tertiary/aromatic N) is 1. The van der Waals surface area contributed by atoms with Crippen molar-refractivity contribution in [2.24, 2.45) is 5.73 Å². The summed E-state index contributed by atoms with van der Waals surface area (Å²) in [5.41, 5.74) is 8.69. The second-order valence-corrected chi connectivity index (χ2v) is 7.80. The van der Waals surface area contributed by atoms with Gasteiger partial charge < -0.3 is 20.5 Å². The van der Waals surface area contributed by atoms with Gasteiger partial charge in [0.25, 0.3) is 0 Å². The molecule has 1 unspecified atom stereocenters. The highest BCUT2D eigenvalue weighted by atomic mass is 16.5. The van der Waals surface area contributed by atoms with Gasteiger partial charge in [-0.2, -0.15) is 0 Å². The summed E-state index contributed by atoms with van der Waals surface area (Å²) in [5, 5.41) is 10.8. The summed E-state index contributed by atoms with van der Waals surface area (Å²) < 4.78 is 11.3. The minimum atomic E-state index is -0.677. The molecule has 2 aromatic rings. The van der Waals surface area contributed by atoms with Crippen molar-refractivity contribution in [3.05, 3.63) is 59.2 Å². The number of rotatable bonds is 10. The molecule has 0 aliphatic carbocycles. The Morgan fingerprint density at radius 2 is 1.90 bits per heavy atom. The molecule has 0 saturated carbocycles. The first-order valence-electron chi connectivity index (χ1n) is 10.8. The van der Waals surface area contributed by atoms with E-state index in [1.165, 1.54) is 12.8 Å². The molecule has 0 amide bonds. The van der Waals surface area contributed by atoms with E-state index in [1.54, 1.807) is 31.2 Å². The van der Waals surface area contributed by atoms with Crippen LogP contribution in [0.1, 0.15) is 42.5 Å². The summed E-state index contributed by atoms with van der Waals surface area (Å²) in [6, 6.07) is 12.3. The van der Waals surface area contributed by atoms with Crippen LogP contribution in [0.4, 0.5) is 5.69 Å². The first-order valence-corrected chi connectivity index (χ1v) is 10.8. The van der Waals surface area contributed by atoms with Crippen LogP contribution < -0.4 is 15.8 Å². The van der Waals surface area contributed by atoms with Crippen molar-refractivity contribution >= 4 is 17.5 Å². The van der Waals surface area contributed by atoms with Gasteiger partial charge in [0.15, 0.2) is 6.04 Å². The number of nitrogens with one attached hydrogen (secondary N) is 2. The van der Waals surface area contributed by atoms with Crippen molar-refractivity contribution in [1.82, 2.24) is 4.90 Å². The van der Waals surface area contributed by atoms with Crippen LogP contribution in [-0.4, -0.2) is 49.6 Å². The molecule has 0 aromatic heterocycles. The van der Waals surface area contributed by atoms with Crippen LogP contribution in [0.25, 0.3) is 0 Å². The minimum Gasteiger partial charge on any atom is -0.492 e. The molecule has 3 rings (SSSR count). The van der Waals surface area contributed by atoms with Crippen molar-refractivity contribution in [3.63, 3.8) is 0 Å². The highest BCUT2D eigenvalue weighted by Crippen LogP contribution is 2.27. The lowest BCUT2D eigenvalue weighted by atomic mass is 10.0. The smallest absolute Gasteiger partial charge is 0.333 e. The molecular formula is C24H32N4O3. The topological polar surface area (TPSA) is 101 Å². The molecule has 2 aromatic carbocycles. The summed E-state index contributed by atoms with van der Waals surface area (Å²) in [4.78, 5) is 15.2. The van der Waals surface area contributed by atoms with E-state index in [1.807, 2.05) is 25.1 Å². The van der Waals surface area contributed by atoms with Crippen molar-refractivity contribution in [2.45, 2.75) is 32.7 Å². The van der Waals surface area contributed by atoms with Gasteiger partial charge in [0.2, 0.25) is 0 Å². The fourth-order valence-corrected chi connectivity index (χ4v) is 3.74. The molecule has 1 atom stereocenters. The third-order valence-electron chi connectivity index (χ3n) is 5.31. The molecule has 1 aliphatic rings. The number of carbonyl (C=O) groups excluding carboxylic acids is 1. The van der Waals surface area contributed by atoms with Crippen molar-refractivity contribution in [3.8, 4) is 5.75 Å². The fraction of sp³-hybridized carbons (Fsp3) is 0.417. The zero-order valence-corrected chi connectivity index (χ0v) is 18.3. The number of likely N-dealkylation sites (tertiary alicyclic amines) is 1. The maximum atomic E-state index is 12.7. The van der Waals surface area contributed by atoms with Crippen molar-refractivity contribution in [1.29, 1.82) is 5.41 Å². The lowest BCUT2D eigenvalue weighted by Gasteiger charge is -2.21. The van der Waals surface area contributed by atoms with Gasteiger partial charge in [-0.3, -0.25) is 10.3 Å². The first-order chi connectivity index (χ1) is 15.0. The van der Waals surface area contributed by atoms with Crippen LogP contribution >= 0.6 is 0 Å². The average Bonchev–Trinajstić information content (AvgIpc) is 3.25. The van der Waals surface area contributed by atoms with Crippen LogP contribution in [0.3, 0.4) is 0 Å². The second kappa shape index (κ2) is 10.8. The Kier molecular flexibility index (Phi) is 7.89. The monoisotopic (exact) mass is 424 g/mol. The van der Waals surface area contributed by atoms with Crippen molar-refractivity contribution in [2.75, 3.05) is 38.2 Å². The largest absolute Gasteiger partial charge is 0.492 e. The lowest BCUT2D eigenvalue weighted by molar-refractivity contribution is -0.144. The molecule has 1 fully saturated rings. The van der Waals surface area contributed by atoms with E-state index < -0.39 is 6.04 Å². The molecule has 7 heteroatoms. The number of esters is 1. The number of carbonyl (C=O) groups is 1. The Hall–Kier alpha value is -3.06. The molecule has 1 saturated heterocycles. The Balaban J connectivity index is 1.76. The predicted octanol–water partition coefficient (Wildman–Crippen LogP) is 3.47. The molecule has 0 spiro atoms. The zero-order valence-electron chi connectivity index (χ0n) is 18.3. The maximum absolute atomic E-state index is 12.7. The van der Waals surface area contributed by atoms with Crippen LogP contribution in [0, 0.1) is 12.3 Å². The highest BCUT2D eigenvalue weighted by Gasteiger charge is 2.23. The quantitative estimate of drug-likeness (QED) is 0.307. The first kappa shape index (κ1) is 22.6. The van der Waals surface area contributed by atoms with Gasteiger partial charge in [-0.1, -0.05) is 6.07 Å². The molecule has 31 heavy (non-hydrogen) atoms. The summed E-state index contributed by atoms with van der Waals surface area (Å²) in [7, 11) is 0. The molecular weight excluding hydrogens is 392 g/mol. The minimum absolute atomic E-state index is 0.00268. The Labute approximate surface area is 184 Å². The highest BCUT2D eigenvalue weighted by molar-refractivity contribution is 5.95. The van der Waals surface area contributed by atoms with Gasteiger partial charge in [0.05, 0.1) is 6.61 Å². The van der Waals surface area contributed by atoms with Gasteiger partial charge in [0.1, 0.15) is 18.2 Å². The number of hydrogen-bond donors (Lipinski definition) is 3. The van der Waals surface area contributed by atoms with Crippen LogP contribution in [0.2, 0.25) is 0 Å². The Morgan fingerprint density at radius 1 is 1.19 bits per heavy atom. The van der Waals surface area contributed by atoms with Crippen LogP contribution in [0.5, 0.6) is 5.75 Å². The number of hydrogen-bond acceptors (Lipinski definition) is 6. The number of nitrogens with two attached hydrogens (primary N) is 1. The number of aryl methyl sites for hydroxylation is 1. The average molecular weight is 425 g/mol. The number of anilines is 1. The molecule has 1 heterocycles. The summed E-state index contributed by atoms with van der Waals surface area (Å²) in [6.07, 6.45) is 2.52. The lowest BCUT2D eigenvalue weighted by Crippen LogP contribution is -2.25. The Bertz CT molecular complexity index is 892. The molecule has 0 radical (unpaired) electrons. The standard InChI is InChI=1S/C24H32N4O3/c1-3-30-24(29)22(27-20-8-6-18(7-9-20)23(25)26)19-14-17(2)15-21(16-19)31-13-12-28-10-4-5-11-28/h6-9,14-16,22,27H,3-5,10-13H2,1-2H3,(H3,25,26). The number of nitrogen functional groups attached to an aromatic ring is 1. The van der Waals surface area contributed by atoms with E-state index in [4.69, 9.17) is 20.6 Å². The van der Waals surface area contributed by atoms with E-state index >= 15 is 0 Å². The summed E-state index contributed by atoms with van der Waals surface area (Å²) in [5.74, 6) is 0.395. The SMILES string of the molecule is CCOC(=O)C(Nc1ccc(C(=N)N)cc1)c1cc(C)cc(OCCN2CCCC2)c1. The number of benzene rings is 2. The van der Waals surface area contributed by atoms with Crippen LogP contribution in [-0.2, 0) is 9.53 Å². The summed E-state index contributed by atoms with van der Waals surface area (Å²) >= 11 is 0. The third kappa shape index (κ3) is 6.46. The fourth-order valence-electron chi connectivity index (χ4n) is 3.74. The second-order valence-electron chi connectivity index (χ2n) is 7.80. The normalized spacial score (nSPS) is 14.8. The molecule has 7 nitrogen and oxygen atoms in total. The number of ether oxygens (including phenoxy) is 2. The Morgan fingerprint density at radius 3 is 2.55 bits per heavy atom. The molecule has 0 bridgehead atoms. The van der Waals surface area contributed by atoms with E-state index in [-0.39, 0.29) is 11.8 Å². The van der Waals surface area contributed by atoms with Gasteiger partial charge in [-0.15, -0.1) is 0 Å². The van der Waals surface area contributed by atoms with E-state index in [9.17, 15) is 4.79 Å². The number of amidine groups is 1. The van der Waals surface area contributed by atoms with E-state index in [2.05, 4.69) is 10.2 Å². The predicted molar refractivity (Wildman–Crippen MR) is 123 cm³/mol. The van der Waals surface area contributed by atoms with E-state index in [0.717, 1.165) is 42.2 Å². The summed E-state index contributed by atoms with van der Waals surface area (Å²) in [6.45, 7) is 7.88. The van der Waals surface area contributed by atoms with Crippen LogP contribution in [0.15, 0.2) is 42.5 Å². The molecule has 1 aliphatic heterocycles. The van der Waals surface area contributed by atoms with Gasteiger partial charge in [-0.25, -0.2) is 4.79 Å². The van der Waals surface area contributed by atoms with Gasteiger partial charge in [-0.05, 0) is 87.3 Å². The molecule has 166 valence electrons. The van der Waals surface area contributed by atoms with Gasteiger partial charge >= 0.3 is 5.97 Å². The zero-order chi connectivity index (χ0) is 22.2. The van der Waals surface area contributed by atoms with Crippen molar-refractivity contribution < 1.29 is 14.3 Å². The molecule has 4 N–H and O–H groups in total.